The Bertz CT molecular complexity index is 546. The highest BCUT2D eigenvalue weighted by Gasteiger charge is 2.07. The number of anilines is 1. The van der Waals surface area contributed by atoms with E-state index in [2.05, 4.69) is 37.4 Å². The predicted molar refractivity (Wildman–Crippen MR) is 80.5 cm³/mol. The van der Waals surface area contributed by atoms with Gasteiger partial charge >= 0.3 is 0 Å². The lowest BCUT2D eigenvalue weighted by molar-refractivity contribution is 0.191. The van der Waals surface area contributed by atoms with E-state index in [4.69, 9.17) is 0 Å². The van der Waals surface area contributed by atoms with Crippen LogP contribution in [0.5, 0.6) is 0 Å². The van der Waals surface area contributed by atoms with E-state index >= 15 is 0 Å². The zero-order valence-corrected chi connectivity index (χ0v) is 11.8. The zero-order chi connectivity index (χ0) is 13.8. The van der Waals surface area contributed by atoms with Crippen LogP contribution in [0.25, 0.3) is 0 Å². The third kappa shape index (κ3) is 3.58. The van der Waals surface area contributed by atoms with Gasteiger partial charge in [0, 0.05) is 12.2 Å². The van der Waals surface area contributed by atoms with Crippen molar-refractivity contribution in [2.45, 2.75) is 26.9 Å². The zero-order valence-electron chi connectivity index (χ0n) is 11.8. The van der Waals surface area contributed by atoms with Crippen LogP contribution in [0.1, 0.15) is 28.4 Å². The Morgan fingerprint density at radius 1 is 0.947 bits per heavy atom. The first-order chi connectivity index (χ1) is 9.06. The summed E-state index contributed by atoms with van der Waals surface area (Å²) < 4.78 is 0. The number of hydrogen-bond acceptors (Lipinski definition) is 2. The van der Waals surface area contributed by atoms with Crippen molar-refractivity contribution in [2.75, 3.05) is 11.9 Å². The standard InChI is InChI=1S/C17H21NO/c1-12-4-7-15(8-5-12)17(19)11-18-16-9-6-13(2)10-14(16)3/h4-10,17-19H,11H2,1-3H3. The van der Waals surface area contributed by atoms with Gasteiger partial charge in [0.2, 0.25) is 0 Å². The first kappa shape index (κ1) is 13.6. The molecule has 1 atom stereocenters. The van der Waals surface area contributed by atoms with Gasteiger partial charge < -0.3 is 10.4 Å². The number of hydrogen-bond donors (Lipinski definition) is 2. The number of nitrogens with one attached hydrogen (secondary N) is 1. The van der Waals surface area contributed by atoms with Crippen LogP contribution in [0.4, 0.5) is 5.69 Å². The maximum Gasteiger partial charge on any atom is 0.0962 e. The largest absolute Gasteiger partial charge is 0.387 e. The second kappa shape index (κ2) is 5.89. The number of rotatable bonds is 4. The summed E-state index contributed by atoms with van der Waals surface area (Å²) in [5.74, 6) is 0. The van der Waals surface area contributed by atoms with Gasteiger partial charge in [0.15, 0.2) is 0 Å². The van der Waals surface area contributed by atoms with Gasteiger partial charge in [0.05, 0.1) is 6.10 Å². The van der Waals surface area contributed by atoms with Crippen LogP contribution in [0.2, 0.25) is 0 Å². The molecule has 2 aromatic carbocycles. The summed E-state index contributed by atoms with van der Waals surface area (Å²) in [6.07, 6.45) is -0.485. The van der Waals surface area contributed by atoms with E-state index < -0.39 is 6.10 Å². The summed E-state index contributed by atoms with van der Waals surface area (Å²) in [4.78, 5) is 0. The maximum atomic E-state index is 10.2. The van der Waals surface area contributed by atoms with E-state index in [9.17, 15) is 5.11 Å². The summed E-state index contributed by atoms with van der Waals surface area (Å²) in [5, 5.41) is 13.5. The average molecular weight is 255 g/mol. The molecule has 0 aliphatic rings. The van der Waals surface area contributed by atoms with Crippen LogP contribution in [-0.4, -0.2) is 11.7 Å². The first-order valence-corrected chi connectivity index (χ1v) is 6.62. The molecule has 2 nitrogen and oxygen atoms in total. The molecule has 2 aromatic rings. The van der Waals surface area contributed by atoms with Crippen LogP contribution in [0.3, 0.4) is 0 Å². The Balaban J connectivity index is 2.00. The van der Waals surface area contributed by atoms with Gasteiger partial charge in [-0.15, -0.1) is 0 Å². The number of benzene rings is 2. The van der Waals surface area contributed by atoms with Crippen molar-refractivity contribution in [3.05, 3.63) is 64.7 Å². The molecule has 2 N–H and O–H groups in total. The number of aliphatic hydroxyl groups excluding tert-OH is 1. The second-order valence-corrected chi connectivity index (χ2v) is 5.13. The molecule has 19 heavy (non-hydrogen) atoms. The molecule has 100 valence electrons. The molecule has 0 aliphatic heterocycles. The van der Waals surface area contributed by atoms with E-state index in [1.54, 1.807) is 0 Å². The highest BCUT2D eigenvalue weighted by atomic mass is 16.3. The summed E-state index contributed by atoms with van der Waals surface area (Å²) >= 11 is 0. The summed E-state index contributed by atoms with van der Waals surface area (Å²) in [6, 6.07) is 14.3. The van der Waals surface area contributed by atoms with E-state index in [0.29, 0.717) is 6.54 Å². The van der Waals surface area contributed by atoms with Crippen molar-refractivity contribution in [3.8, 4) is 0 Å². The van der Waals surface area contributed by atoms with E-state index in [1.807, 2.05) is 31.2 Å². The van der Waals surface area contributed by atoms with Gasteiger partial charge in [-0.2, -0.15) is 0 Å². The lowest BCUT2D eigenvalue weighted by Gasteiger charge is -2.15. The molecule has 0 radical (unpaired) electrons. The van der Waals surface area contributed by atoms with Crippen molar-refractivity contribution in [1.82, 2.24) is 0 Å². The molecule has 1 unspecified atom stereocenters. The molecule has 2 heteroatoms. The lowest BCUT2D eigenvalue weighted by atomic mass is 10.1. The Hall–Kier alpha value is -1.80. The lowest BCUT2D eigenvalue weighted by Crippen LogP contribution is -2.12. The fourth-order valence-corrected chi connectivity index (χ4v) is 2.13. The molecule has 0 saturated heterocycles. The molecule has 0 saturated carbocycles. The minimum atomic E-state index is -0.485. The fraction of sp³-hybridized carbons (Fsp3) is 0.294. The van der Waals surface area contributed by atoms with Crippen LogP contribution in [0, 0.1) is 20.8 Å². The van der Waals surface area contributed by atoms with Gasteiger partial charge in [-0.1, -0.05) is 47.5 Å². The van der Waals surface area contributed by atoms with Crippen molar-refractivity contribution < 1.29 is 5.11 Å². The predicted octanol–water partition coefficient (Wildman–Crippen LogP) is 3.76. The van der Waals surface area contributed by atoms with Gasteiger partial charge in [-0.05, 0) is 38.0 Å². The second-order valence-electron chi connectivity index (χ2n) is 5.13. The Morgan fingerprint density at radius 3 is 2.21 bits per heavy atom. The minimum absolute atomic E-state index is 0.485. The molecule has 0 aromatic heterocycles. The summed E-state index contributed by atoms with van der Waals surface area (Å²) in [7, 11) is 0. The van der Waals surface area contributed by atoms with Gasteiger partial charge in [-0.3, -0.25) is 0 Å². The first-order valence-electron chi connectivity index (χ1n) is 6.62. The highest BCUT2D eigenvalue weighted by molar-refractivity contribution is 5.52. The Morgan fingerprint density at radius 2 is 1.58 bits per heavy atom. The van der Waals surface area contributed by atoms with Gasteiger partial charge in [-0.25, -0.2) is 0 Å². The van der Waals surface area contributed by atoms with E-state index in [0.717, 1.165) is 11.3 Å². The molecule has 0 spiro atoms. The quantitative estimate of drug-likeness (QED) is 0.872. The topological polar surface area (TPSA) is 32.3 Å². The maximum absolute atomic E-state index is 10.2. The molecule has 0 aliphatic carbocycles. The average Bonchev–Trinajstić information content (AvgIpc) is 2.38. The van der Waals surface area contributed by atoms with Crippen molar-refractivity contribution >= 4 is 5.69 Å². The molecule has 0 fully saturated rings. The van der Waals surface area contributed by atoms with Crippen molar-refractivity contribution in [3.63, 3.8) is 0 Å². The third-order valence-electron chi connectivity index (χ3n) is 3.33. The molecule has 2 rings (SSSR count). The van der Waals surface area contributed by atoms with Crippen LogP contribution in [0.15, 0.2) is 42.5 Å². The number of aliphatic hydroxyl groups is 1. The van der Waals surface area contributed by atoms with Crippen LogP contribution in [-0.2, 0) is 0 Å². The van der Waals surface area contributed by atoms with Crippen molar-refractivity contribution in [1.29, 1.82) is 0 Å². The molecule has 0 amide bonds. The van der Waals surface area contributed by atoms with Crippen molar-refractivity contribution in [2.24, 2.45) is 0 Å². The van der Waals surface area contributed by atoms with Gasteiger partial charge in [0.25, 0.3) is 0 Å². The SMILES string of the molecule is Cc1ccc(C(O)CNc2ccc(C)cc2C)cc1. The van der Waals surface area contributed by atoms with E-state index in [1.165, 1.54) is 16.7 Å². The Kier molecular flexibility index (Phi) is 4.23. The fourth-order valence-electron chi connectivity index (χ4n) is 2.13. The summed E-state index contributed by atoms with van der Waals surface area (Å²) in [6.45, 7) is 6.72. The molecular formula is C17H21NO. The number of aryl methyl sites for hydroxylation is 3. The third-order valence-corrected chi connectivity index (χ3v) is 3.33. The molecule has 0 heterocycles. The monoisotopic (exact) mass is 255 g/mol. The van der Waals surface area contributed by atoms with E-state index in [-0.39, 0.29) is 0 Å². The molecule has 0 bridgehead atoms. The molecular weight excluding hydrogens is 234 g/mol. The highest BCUT2D eigenvalue weighted by Crippen LogP contribution is 2.19. The Labute approximate surface area is 115 Å². The minimum Gasteiger partial charge on any atom is -0.387 e. The smallest absolute Gasteiger partial charge is 0.0962 e. The normalized spacial score (nSPS) is 12.2. The van der Waals surface area contributed by atoms with Gasteiger partial charge in [0.1, 0.15) is 0 Å². The van der Waals surface area contributed by atoms with Crippen LogP contribution >= 0.6 is 0 Å². The van der Waals surface area contributed by atoms with Crippen LogP contribution < -0.4 is 5.32 Å². The summed E-state index contributed by atoms with van der Waals surface area (Å²) in [5.41, 5.74) is 5.69.